The number of aryl methyl sites for hydroxylation is 2. The summed E-state index contributed by atoms with van der Waals surface area (Å²) in [6.07, 6.45) is 0. The van der Waals surface area contributed by atoms with Gasteiger partial charge in [-0.15, -0.1) is 0 Å². The first-order valence-electron chi connectivity index (χ1n) is 7.79. The molecule has 4 nitrogen and oxygen atoms in total. The lowest BCUT2D eigenvalue weighted by molar-refractivity contribution is 0.600. The van der Waals surface area contributed by atoms with Crippen LogP contribution in [-0.4, -0.2) is 13.4 Å². The molecule has 0 aliphatic heterocycles. The summed E-state index contributed by atoms with van der Waals surface area (Å²) < 4.78 is 27.9. The molecule has 1 heterocycles. The summed E-state index contributed by atoms with van der Waals surface area (Å²) in [6.45, 7) is 3.55. The number of nitrogens with one attached hydrogen (secondary N) is 1. The lowest BCUT2D eigenvalue weighted by atomic mass is 10.0. The van der Waals surface area contributed by atoms with E-state index in [-0.39, 0.29) is 10.7 Å². The average Bonchev–Trinajstić information content (AvgIpc) is 2.56. The van der Waals surface area contributed by atoms with Crippen LogP contribution in [0.3, 0.4) is 0 Å². The van der Waals surface area contributed by atoms with Crippen molar-refractivity contribution in [2.24, 2.45) is 0 Å². The minimum Gasteiger partial charge on any atom is -0.263 e. The third-order valence-corrected chi connectivity index (χ3v) is 6.10. The molecule has 0 amide bonds. The Morgan fingerprint density at radius 2 is 1.58 bits per heavy atom. The summed E-state index contributed by atoms with van der Waals surface area (Å²) in [6, 6.07) is 15.6. The zero-order valence-electron chi connectivity index (χ0n) is 14.1. The van der Waals surface area contributed by atoms with Gasteiger partial charge in [0.15, 0.2) is 0 Å². The van der Waals surface area contributed by atoms with E-state index in [0.29, 0.717) is 15.6 Å². The zero-order valence-corrected chi connectivity index (χ0v) is 16.5. The molecule has 134 valence electrons. The number of hydrogen-bond donors (Lipinski definition) is 1. The Balaban J connectivity index is 1.95. The fourth-order valence-corrected chi connectivity index (χ4v) is 4.13. The van der Waals surface area contributed by atoms with Crippen molar-refractivity contribution in [3.63, 3.8) is 0 Å². The molecule has 0 fully saturated rings. The molecule has 0 radical (unpaired) electrons. The smallest absolute Gasteiger partial charge is 0.263 e. The van der Waals surface area contributed by atoms with Crippen molar-refractivity contribution in [2.75, 3.05) is 4.72 Å². The Bertz CT molecular complexity index is 1080. The Morgan fingerprint density at radius 3 is 2.23 bits per heavy atom. The van der Waals surface area contributed by atoms with Crippen LogP contribution in [0.4, 0.5) is 5.82 Å². The van der Waals surface area contributed by atoms with Gasteiger partial charge in [-0.25, -0.2) is 13.4 Å². The molecule has 0 unspecified atom stereocenters. The molecule has 1 N–H and O–H groups in total. The lowest BCUT2D eigenvalue weighted by Crippen LogP contribution is -2.15. The largest absolute Gasteiger partial charge is 0.263 e. The maximum atomic E-state index is 12.7. The van der Waals surface area contributed by atoms with Gasteiger partial charge in [-0.2, -0.15) is 0 Å². The summed E-state index contributed by atoms with van der Waals surface area (Å²) in [5, 5.41) is 0.923. The highest BCUT2D eigenvalue weighted by molar-refractivity contribution is 7.92. The van der Waals surface area contributed by atoms with Crippen molar-refractivity contribution in [2.45, 2.75) is 18.7 Å². The van der Waals surface area contributed by atoms with E-state index in [9.17, 15) is 8.42 Å². The van der Waals surface area contributed by atoms with Crippen LogP contribution in [0.15, 0.2) is 59.5 Å². The van der Waals surface area contributed by atoms with Gasteiger partial charge in [-0.05, 0) is 60.9 Å². The van der Waals surface area contributed by atoms with Crippen molar-refractivity contribution in [3.8, 4) is 11.1 Å². The highest BCUT2D eigenvalue weighted by atomic mass is 35.5. The second-order valence-corrected chi connectivity index (χ2v) is 8.34. The van der Waals surface area contributed by atoms with Gasteiger partial charge >= 0.3 is 0 Å². The molecule has 0 aliphatic rings. The number of hydrogen-bond acceptors (Lipinski definition) is 3. The third kappa shape index (κ3) is 4.01. The molecule has 0 saturated heterocycles. The van der Waals surface area contributed by atoms with Crippen LogP contribution in [0.25, 0.3) is 11.1 Å². The van der Waals surface area contributed by atoms with E-state index in [2.05, 4.69) is 9.71 Å². The molecule has 26 heavy (non-hydrogen) atoms. The van der Waals surface area contributed by atoms with Gasteiger partial charge in [0.2, 0.25) is 0 Å². The van der Waals surface area contributed by atoms with Crippen molar-refractivity contribution >= 4 is 39.0 Å². The molecule has 2 aromatic carbocycles. The molecule has 0 spiro atoms. The van der Waals surface area contributed by atoms with E-state index in [1.54, 1.807) is 62.4 Å². The third-order valence-electron chi connectivity index (χ3n) is 3.84. The van der Waals surface area contributed by atoms with Crippen molar-refractivity contribution in [1.29, 1.82) is 0 Å². The summed E-state index contributed by atoms with van der Waals surface area (Å²) in [5.74, 6) is 0.290. The molecule has 0 bridgehead atoms. The number of benzene rings is 2. The van der Waals surface area contributed by atoms with Gasteiger partial charge in [-0.1, -0.05) is 47.5 Å². The van der Waals surface area contributed by atoms with E-state index in [1.807, 2.05) is 6.07 Å². The van der Waals surface area contributed by atoms with E-state index in [4.69, 9.17) is 23.2 Å². The number of halogens is 2. The second-order valence-electron chi connectivity index (χ2n) is 5.88. The standard InChI is InChI=1S/C19H16Cl2N2O2S/c1-12-10-14(15-6-8-16(20)17(21)11-15)7-9-18(12)26(24,25)23-19-5-3-4-13(2)22-19/h3-11H,1-2H3,(H,22,23). The molecular weight excluding hydrogens is 391 g/mol. The number of pyridine rings is 1. The molecular formula is C19H16Cl2N2O2S. The first-order valence-corrected chi connectivity index (χ1v) is 10.0. The van der Waals surface area contributed by atoms with Gasteiger partial charge < -0.3 is 0 Å². The first kappa shape index (κ1) is 18.7. The minimum atomic E-state index is -3.73. The topological polar surface area (TPSA) is 59.1 Å². The Kier molecular flexibility index (Phi) is 5.23. The number of aromatic nitrogens is 1. The highest BCUT2D eigenvalue weighted by Crippen LogP contribution is 2.30. The number of nitrogens with zero attached hydrogens (tertiary/aromatic N) is 1. The molecule has 0 saturated carbocycles. The normalized spacial score (nSPS) is 11.4. The van der Waals surface area contributed by atoms with Crippen LogP contribution in [0.5, 0.6) is 0 Å². The zero-order chi connectivity index (χ0) is 18.9. The monoisotopic (exact) mass is 406 g/mol. The highest BCUT2D eigenvalue weighted by Gasteiger charge is 2.18. The quantitative estimate of drug-likeness (QED) is 0.624. The fraction of sp³-hybridized carbons (Fsp3) is 0.105. The fourth-order valence-electron chi connectivity index (χ4n) is 2.60. The first-order chi connectivity index (χ1) is 12.3. The van der Waals surface area contributed by atoms with Gasteiger partial charge in [0.1, 0.15) is 5.82 Å². The Morgan fingerprint density at radius 1 is 0.885 bits per heavy atom. The Hall–Kier alpha value is -2.08. The van der Waals surface area contributed by atoms with Crippen LogP contribution in [0.2, 0.25) is 10.0 Å². The number of anilines is 1. The number of rotatable bonds is 4. The van der Waals surface area contributed by atoms with Crippen LogP contribution < -0.4 is 4.72 Å². The van der Waals surface area contributed by atoms with E-state index >= 15 is 0 Å². The minimum absolute atomic E-state index is 0.199. The predicted molar refractivity (Wildman–Crippen MR) is 106 cm³/mol. The lowest BCUT2D eigenvalue weighted by Gasteiger charge is -2.12. The molecule has 3 rings (SSSR count). The van der Waals surface area contributed by atoms with Gasteiger partial charge in [-0.3, -0.25) is 4.72 Å². The maximum absolute atomic E-state index is 12.7. The second kappa shape index (κ2) is 7.27. The Labute approximate surface area is 162 Å². The summed E-state index contributed by atoms with van der Waals surface area (Å²) in [4.78, 5) is 4.38. The number of sulfonamides is 1. The van der Waals surface area contributed by atoms with Crippen molar-refractivity contribution in [3.05, 3.63) is 75.9 Å². The van der Waals surface area contributed by atoms with Gasteiger partial charge in [0.25, 0.3) is 10.0 Å². The maximum Gasteiger partial charge on any atom is 0.263 e. The SMILES string of the molecule is Cc1cccc(NS(=O)(=O)c2ccc(-c3ccc(Cl)c(Cl)c3)cc2C)n1. The van der Waals surface area contributed by atoms with Crippen LogP contribution >= 0.6 is 23.2 Å². The predicted octanol–water partition coefficient (Wildman–Crippen LogP) is 5.47. The van der Waals surface area contributed by atoms with Crippen LogP contribution in [0, 0.1) is 13.8 Å². The summed E-state index contributed by atoms with van der Waals surface area (Å²) in [7, 11) is -3.73. The summed E-state index contributed by atoms with van der Waals surface area (Å²) >= 11 is 12.0. The van der Waals surface area contributed by atoms with E-state index in [1.165, 1.54) is 0 Å². The van der Waals surface area contributed by atoms with E-state index in [0.717, 1.165) is 16.8 Å². The van der Waals surface area contributed by atoms with Gasteiger partial charge in [0, 0.05) is 5.69 Å². The van der Waals surface area contributed by atoms with Crippen LogP contribution in [0.1, 0.15) is 11.3 Å². The molecule has 0 aliphatic carbocycles. The van der Waals surface area contributed by atoms with E-state index < -0.39 is 10.0 Å². The molecule has 7 heteroatoms. The molecule has 0 atom stereocenters. The molecule has 3 aromatic rings. The van der Waals surface area contributed by atoms with Gasteiger partial charge in [0.05, 0.1) is 14.9 Å². The average molecular weight is 407 g/mol. The molecule has 1 aromatic heterocycles. The van der Waals surface area contributed by atoms with Crippen molar-refractivity contribution < 1.29 is 8.42 Å². The van der Waals surface area contributed by atoms with Crippen molar-refractivity contribution in [1.82, 2.24) is 4.98 Å². The van der Waals surface area contributed by atoms with Crippen LogP contribution in [-0.2, 0) is 10.0 Å². The summed E-state index contributed by atoms with van der Waals surface area (Å²) in [5.41, 5.74) is 3.07.